The fraction of sp³-hybridized carbons (Fsp3) is 0.438. The van der Waals surface area contributed by atoms with E-state index in [0.29, 0.717) is 31.7 Å². The van der Waals surface area contributed by atoms with E-state index >= 15 is 0 Å². The molecule has 10 nitrogen and oxygen atoms in total. The van der Waals surface area contributed by atoms with Gasteiger partial charge in [0.25, 0.3) is 0 Å². The van der Waals surface area contributed by atoms with Crippen LogP contribution in [-0.2, 0) is 19.6 Å². The van der Waals surface area contributed by atoms with Crippen molar-refractivity contribution in [3.8, 4) is 0 Å². The van der Waals surface area contributed by atoms with Crippen LogP contribution in [0.15, 0.2) is 32.3 Å². The number of rotatable bonds is 5. The molecule has 1 aromatic heterocycles. The zero-order chi connectivity index (χ0) is 19.6. The van der Waals surface area contributed by atoms with E-state index < -0.39 is 15.8 Å². The number of carbonyl (C=O) groups is 2. The second kappa shape index (κ2) is 7.53. The van der Waals surface area contributed by atoms with Crippen LogP contribution in [0.2, 0.25) is 0 Å². The minimum atomic E-state index is -3.84. The number of aromatic amines is 1. The summed E-state index contributed by atoms with van der Waals surface area (Å²) < 4.78 is 31.9. The smallest absolute Gasteiger partial charge is 0.408 e. The number of benzene rings is 1. The van der Waals surface area contributed by atoms with Crippen molar-refractivity contribution in [3.05, 3.63) is 28.7 Å². The van der Waals surface area contributed by atoms with Crippen molar-refractivity contribution in [3.63, 3.8) is 0 Å². The number of nitrogens with zero attached hydrogens (tertiary/aromatic N) is 2. The number of H-pyrrole nitrogens is 1. The molecule has 1 aromatic carbocycles. The van der Waals surface area contributed by atoms with Gasteiger partial charge in [-0.2, -0.15) is 0 Å². The maximum atomic E-state index is 12.3. The molecule has 0 bridgehead atoms. The molecule has 11 heteroatoms. The highest BCUT2D eigenvalue weighted by Crippen LogP contribution is 2.16. The standard InChI is InChI=1S/C16H20N4O6S/c1-11(21)19-6-8-20(9-7-19)15(22)4-5-17-27(24,25)12-2-3-13-14(10-12)26-16(23)18-13/h2-3,10,17H,4-9H2,1H3,(H,18,23). The second-order valence-corrected chi connectivity index (χ2v) is 7.97. The van der Waals surface area contributed by atoms with Crippen LogP contribution in [0.25, 0.3) is 11.1 Å². The summed E-state index contributed by atoms with van der Waals surface area (Å²) in [6, 6.07) is 4.03. The predicted molar refractivity (Wildman–Crippen MR) is 95.5 cm³/mol. The van der Waals surface area contributed by atoms with Gasteiger partial charge in [0.1, 0.15) is 0 Å². The molecule has 146 valence electrons. The van der Waals surface area contributed by atoms with E-state index in [9.17, 15) is 22.8 Å². The molecule has 1 aliphatic heterocycles. The van der Waals surface area contributed by atoms with Gasteiger partial charge in [-0.15, -0.1) is 0 Å². The molecule has 1 saturated heterocycles. The summed E-state index contributed by atoms with van der Waals surface area (Å²) in [5.41, 5.74) is 0.543. The van der Waals surface area contributed by atoms with Crippen molar-refractivity contribution in [2.24, 2.45) is 0 Å². The molecule has 0 unspecified atom stereocenters. The van der Waals surface area contributed by atoms with Gasteiger partial charge >= 0.3 is 5.76 Å². The SMILES string of the molecule is CC(=O)N1CCN(C(=O)CCNS(=O)(=O)c2ccc3[nH]c(=O)oc3c2)CC1. The van der Waals surface area contributed by atoms with Gasteiger partial charge in [0.15, 0.2) is 5.58 Å². The quantitative estimate of drug-likeness (QED) is 0.699. The Kier molecular flexibility index (Phi) is 5.33. The van der Waals surface area contributed by atoms with Crippen LogP contribution in [0.1, 0.15) is 13.3 Å². The minimum absolute atomic E-state index is 0.0147. The average Bonchev–Trinajstić information content (AvgIpc) is 3.00. The highest BCUT2D eigenvalue weighted by molar-refractivity contribution is 7.89. The number of oxazole rings is 1. The first-order chi connectivity index (χ1) is 12.8. The molecule has 2 heterocycles. The zero-order valence-electron chi connectivity index (χ0n) is 14.7. The molecular formula is C16H20N4O6S. The molecule has 0 atom stereocenters. The van der Waals surface area contributed by atoms with Crippen molar-refractivity contribution in [2.45, 2.75) is 18.2 Å². The first kappa shape index (κ1) is 19.1. The van der Waals surface area contributed by atoms with Crippen molar-refractivity contribution >= 4 is 32.9 Å². The van der Waals surface area contributed by atoms with Crippen molar-refractivity contribution < 1.29 is 22.4 Å². The Morgan fingerprint density at radius 2 is 1.85 bits per heavy atom. The third kappa shape index (κ3) is 4.37. The second-order valence-electron chi connectivity index (χ2n) is 6.21. The first-order valence-electron chi connectivity index (χ1n) is 8.42. The predicted octanol–water partition coefficient (Wildman–Crippen LogP) is -0.520. The summed E-state index contributed by atoms with van der Waals surface area (Å²) >= 11 is 0. The minimum Gasteiger partial charge on any atom is -0.408 e. The van der Waals surface area contributed by atoms with Crippen LogP contribution in [-0.4, -0.2) is 67.7 Å². The average molecular weight is 396 g/mol. The van der Waals surface area contributed by atoms with E-state index in [4.69, 9.17) is 4.42 Å². The molecule has 1 fully saturated rings. The van der Waals surface area contributed by atoms with Gasteiger partial charge in [0.05, 0.1) is 10.4 Å². The summed E-state index contributed by atoms with van der Waals surface area (Å²) in [5.74, 6) is -0.860. The molecule has 1 aliphatic rings. The summed E-state index contributed by atoms with van der Waals surface area (Å²) in [4.78, 5) is 40.3. The Labute approximate surface area is 155 Å². The first-order valence-corrected chi connectivity index (χ1v) is 9.90. The third-order valence-corrected chi connectivity index (χ3v) is 5.87. The summed E-state index contributed by atoms with van der Waals surface area (Å²) in [5, 5.41) is 0. The number of nitrogens with one attached hydrogen (secondary N) is 2. The van der Waals surface area contributed by atoms with E-state index in [1.54, 1.807) is 9.80 Å². The number of amides is 2. The molecule has 2 amide bonds. The molecule has 0 radical (unpaired) electrons. The number of aromatic nitrogens is 1. The van der Waals surface area contributed by atoms with Crippen LogP contribution in [0, 0.1) is 0 Å². The largest absolute Gasteiger partial charge is 0.417 e. The van der Waals surface area contributed by atoms with E-state index in [1.807, 2.05) is 0 Å². The van der Waals surface area contributed by atoms with E-state index in [2.05, 4.69) is 9.71 Å². The van der Waals surface area contributed by atoms with Gasteiger partial charge in [-0.25, -0.2) is 17.9 Å². The van der Waals surface area contributed by atoms with Gasteiger partial charge in [0.2, 0.25) is 21.8 Å². The Hall–Kier alpha value is -2.66. The van der Waals surface area contributed by atoms with Gasteiger partial charge in [-0.3, -0.25) is 14.6 Å². The number of fused-ring (bicyclic) bond motifs is 1. The third-order valence-electron chi connectivity index (χ3n) is 4.41. The fourth-order valence-corrected chi connectivity index (χ4v) is 3.94. The normalized spacial score (nSPS) is 15.3. The lowest BCUT2D eigenvalue weighted by molar-refractivity contribution is -0.138. The molecule has 0 spiro atoms. The van der Waals surface area contributed by atoms with Crippen LogP contribution in [0.5, 0.6) is 0 Å². The lowest BCUT2D eigenvalue weighted by Crippen LogP contribution is -2.50. The van der Waals surface area contributed by atoms with Gasteiger partial charge < -0.3 is 14.2 Å². The summed E-state index contributed by atoms with van der Waals surface area (Å²) in [7, 11) is -3.84. The van der Waals surface area contributed by atoms with Crippen molar-refractivity contribution in [2.75, 3.05) is 32.7 Å². The van der Waals surface area contributed by atoms with Crippen LogP contribution in [0.3, 0.4) is 0 Å². The van der Waals surface area contributed by atoms with Gasteiger partial charge in [-0.05, 0) is 12.1 Å². The molecule has 3 rings (SSSR count). The number of hydrogen-bond donors (Lipinski definition) is 2. The topological polar surface area (TPSA) is 133 Å². The van der Waals surface area contributed by atoms with Crippen LogP contribution < -0.4 is 10.5 Å². The lowest BCUT2D eigenvalue weighted by atomic mass is 10.3. The molecule has 2 N–H and O–H groups in total. The highest BCUT2D eigenvalue weighted by Gasteiger charge is 2.23. The summed E-state index contributed by atoms with van der Waals surface area (Å²) in [6.45, 7) is 3.28. The van der Waals surface area contributed by atoms with E-state index in [-0.39, 0.29) is 35.3 Å². The van der Waals surface area contributed by atoms with Crippen LogP contribution in [0.4, 0.5) is 0 Å². The van der Waals surface area contributed by atoms with Gasteiger partial charge in [0, 0.05) is 52.1 Å². The monoisotopic (exact) mass is 396 g/mol. The number of sulfonamides is 1. The molecule has 2 aromatic rings. The molecule has 27 heavy (non-hydrogen) atoms. The number of piperazine rings is 1. The van der Waals surface area contributed by atoms with Crippen LogP contribution >= 0.6 is 0 Å². The summed E-state index contributed by atoms with van der Waals surface area (Å²) in [6.07, 6.45) is 0.0147. The fourth-order valence-electron chi connectivity index (χ4n) is 2.90. The van der Waals surface area contributed by atoms with Crippen molar-refractivity contribution in [1.82, 2.24) is 19.5 Å². The molecule has 0 saturated carbocycles. The maximum absolute atomic E-state index is 12.3. The van der Waals surface area contributed by atoms with Crippen molar-refractivity contribution in [1.29, 1.82) is 0 Å². The van der Waals surface area contributed by atoms with E-state index in [0.717, 1.165) is 0 Å². The Morgan fingerprint density at radius 3 is 2.52 bits per heavy atom. The number of carbonyl (C=O) groups excluding carboxylic acids is 2. The Morgan fingerprint density at radius 1 is 1.19 bits per heavy atom. The molecular weight excluding hydrogens is 376 g/mol. The molecule has 0 aliphatic carbocycles. The van der Waals surface area contributed by atoms with E-state index in [1.165, 1.54) is 25.1 Å². The number of hydrogen-bond acceptors (Lipinski definition) is 6. The zero-order valence-corrected chi connectivity index (χ0v) is 15.5. The Bertz CT molecular complexity index is 1020. The highest BCUT2D eigenvalue weighted by atomic mass is 32.2. The lowest BCUT2D eigenvalue weighted by Gasteiger charge is -2.34. The Balaban J connectivity index is 1.55. The van der Waals surface area contributed by atoms with Gasteiger partial charge in [-0.1, -0.05) is 0 Å². The maximum Gasteiger partial charge on any atom is 0.417 e.